The Kier molecular flexibility index (Phi) is 3.89. The summed E-state index contributed by atoms with van der Waals surface area (Å²) < 4.78 is 7.57. The zero-order valence-electron chi connectivity index (χ0n) is 10.9. The van der Waals surface area contributed by atoms with Gasteiger partial charge in [0.05, 0.1) is 24.0 Å². The lowest BCUT2D eigenvalue weighted by Gasteiger charge is -2.13. The van der Waals surface area contributed by atoms with E-state index in [1.54, 1.807) is 7.11 Å². The minimum Gasteiger partial charge on any atom is -0.497 e. The SMILES string of the molecule is COc1ccc2nc(CCl)n(CC3CCCS3)c2c1. The van der Waals surface area contributed by atoms with Gasteiger partial charge in [-0.2, -0.15) is 11.8 Å². The topological polar surface area (TPSA) is 27.1 Å². The van der Waals surface area contributed by atoms with E-state index in [0.29, 0.717) is 11.1 Å². The highest BCUT2D eigenvalue weighted by Gasteiger charge is 2.19. The Labute approximate surface area is 122 Å². The number of hydrogen-bond donors (Lipinski definition) is 0. The number of rotatable bonds is 4. The molecule has 0 saturated carbocycles. The van der Waals surface area contributed by atoms with Crippen molar-refractivity contribution in [2.45, 2.75) is 30.5 Å². The zero-order chi connectivity index (χ0) is 13.2. The third-order valence-electron chi connectivity index (χ3n) is 3.56. The van der Waals surface area contributed by atoms with Crippen LogP contribution in [0.5, 0.6) is 5.75 Å². The van der Waals surface area contributed by atoms with Gasteiger partial charge in [0.1, 0.15) is 11.6 Å². The fourth-order valence-corrected chi connectivity index (χ4v) is 4.04. The number of ether oxygens (including phenoxy) is 1. The van der Waals surface area contributed by atoms with Gasteiger partial charge in [0.15, 0.2) is 0 Å². The third kappa shape index (κ3) is 2.56. The van der Waals surface area contributed by atoms with Gasteiger partial charge in [0, 0.05) is 17.9 Å². The van der Waals surface area contributed by atoms with Crippen molar-refractivity contribution < 1.29 is 4.74 Å². The van der Waals surface area contributed by atoms with E-state index in [2.05, 4.69) is 27.4 Å². The molecule has 1 fully saturated rings. The second kappa shape index (κ2) is 5.63. The van der Waals surface area contributed by atoms with Crippen molar-refractivity contribution in [3.05, 3.63) is 24.0 Å². The van der Waals surface area contributed by atoms with Crippen LogP contribution in [0.25, 0.3) is 11.0 Å². The van der Waals surface area contributed by atoms with Crippen LogP contribution in [0, 0.1) is 0 Å². The van der Waals surface area contributed by atoms with Gasteiger partial charge in [-0.25, -0.2) is 4.98 Å². The summed E-state index contributed by atoms with van der Waals surface area (Å²) in [7, 11) is 1.69. The molecule has 3 nitrogen and oxygen atoms in total. The summed E-state index contributed by atoms with van der Waals surface area (Å²) in [6.45, 7) is 0.996. The van der Waals surface area contributed by atoms with Crippen LogP contribution in [-0.2, 0) is 12.4 Å². The number of imidazole rings is 1. The molecule has 5 heteroatoms. The average Bonchev–Trinajstić information content (AvgIpc) is 3.07. The molecule has 1 aromatic heterocycles. The Morgan fingerprint density at radius 1 is 1.53 bits per heavy atom. The second-order valence-electron chi connectivity index (χ2n) is 4.76. The van der Waals surface area contributed by atoms with Crippen molar-refractivity contribution in [2.75, 3.05) is 12.9 Å². The summed E-state index contributed by atoms with van der Waals surface area (Å²) in [4.78, 5) is 4.61. The Balaban J connectivity index is 2.02. The molecular formula is C14H17ClN2OS. The van der Waals surface area contributed by atoms with E-state index in [4.69, 9.17) is 16.3 Å². The number of halogens is 1. The van der Waals surface area contributed by atoms with Crippen molar-refractivity contribution in [1.29, 1.82) is 0 Å². The van der Waals surface area contributed by atoms with Gasteiger partial charge in [-0.1, -0.05) is 0 Å². The fraction of sp³-hybridized carbons (Fsp3) is 0.500. The number of hydrogen-bond acceptors (Lipinski definition) is 3. The highest BCUT2D eigenvalue weighted by Crippen LogP contribution is 2.30. The average molecular weight is 297 g/mol. The van der Waals surface area contributed by atoms with Crippen molar-refractivity contribution in [2.24, 2.45) is 0 Å². The summed E-state index contributed by atoms with van der Waals surface area (Å²) in [5.41, 5.74) is 2.13. The van der Waals surface area contributed by atoms with E-state index in [-0.39, 0.29) is 0 Å². The van der Waals surface area contributed by atoms with Gasteiger partial charge in [-0.3, -0.25) is 0 Å². The molecule has 3 rings (SSSR count). The molecule has 2 aromatic rings. The number of nitrogens with zero attached hydrogens (tertiary/aromatic N) is 2. The quantitative estimate of drug-likeness (QED) is 0.805. The van der Waals surface area contributed by atoms with Gasteiger partial charge in [0.2, 0.25) is 0 Å². The molecule has 19 heavy (non-hydrogen) atoms. The van der Waals surface area contributed by atoms with Gasteiger partial charge in [-0.15, -0.1) is 11.6 Å². The maximum atomic E-state index is 6.04. The van der Waals surface area contributed by atoms with E-state index >= 15 is 0 Å². The van der Waals surface area contributed by atoms with Crippen LogP contribution >= 0.6 is 23.4 Å². The van der Waals surface area contributed by atoms with Crippen LogP contribution < -0.4 is 4.74 Å². The Bertz CT molecular complexity index is 578. The Morgan fingerprint density at radius 2 is 2.42 bits per heavy atom. The monoisotopic (exact) mass is 296 g/mol. The lowest BCUT2D eigenvalue weighted by molar-refractivity contribution is 0.415. The van der Waals surface area contributed by atoms with Gasteiger partial charge in [0.25, 0.3) is 0 Å². The molecule has 1 saturated heterocycles. The molecule has 0 N–H and O–H groups in total. The van der Waals surface area contributed by atoms with Crippen molar-refractivity contribution in [3.63, 3.8) is 0 Å². The lowest BCUT2D eigenvalue weighted by atomic mass is 10.2. The molecule has 0 aliphatic carbocycles. The summed E-state index contributed by atoms with van der Waals surface area (Å²) >= 11 is 8.10. The number of thioether (sulfide) groups is 1. The summed E-state index contributed by atoms with van der Waals surface area (Å²) in [5, 5.41) is 0.686. The molecule has 1 aliphatic rings. The molecule has 1 unspecified atom stereocenters. The van der Waals surface area contributed by atoms with Crippen LogP contribution in [0.2, 0.25) is 0 Å². The Morgan fingerprint density at radius 3 is 3.11 bits per heavy atom. The van der Waals surface area contributed by atoms with E-state index in [1.807, 2.05) is 12.1 Å². The number of alkyl halides is 1. The Hall–Kier alpha value is -0.870. The minimum atomic E-state index is 0.453. The molecule has 0 bridgehead atoms. The first-order chi connectivity index (χ1) is 9.31. The van der Waals surface area contributed by atoms with Crippen LogP contribution in [0.15, 0.2) is 18.2 Å². The number of benzene rings is 1. The number of methoxy groups -OCH3 is 1. The highest BCUT2D eigenvalue weighted by molar-refractivity contribution is 8.00. The van der Waals surface area contributed by atoms with Crippen molar-refractivity contribution in [1.82, 2.24) is 9.55 Å². The molecule has 1 aromatic carbocycles. The van der Waals surface area contributed by atoms with Crippen LogP contribution in [0.4, 0.5) is 0 Å². The molecule has 1 atom stereocenters. The van der Waals surface area contributed by atoms with Gasteiger partial charge >= 0.3 is 0 Å². The second-order valence-corrected chi connectivity index (χ2v) is 6.44. The van der Waals surface area contributed by atoms with Gasteiger partial charge in [-0.05, 0) is 30.7 Å². The summed E-state index contributed by atoms with van der Waals surface area (Å²) in [6.07, 6.45) is 2.61. The van der Waals surface area contributed by atoms with Crippen LogP contribution in [0.3, 0.4) is 0 Å². The first kappa shape index (κ1) is 13.1. The van der Waals surface area contributed by atoms with E-state index in [0.717, 1.165) is 29.2 Å². The van der Waals surface area contributed by atoms with Crippen molar-refractivity contribution in [3.8, 4) is 5.75 Å². The number of fused-ring (bicyclic) bond motifs is 1. The molecule has 102 valence electrons. The molecule has 0 radical (unpaired) electrons. The maximum absolute atomic E-state index is 6.04. The molecule has 0 spiro atoms. The largest absolute Gasteiger partial charge is 0.497 e. The molecule has 2 heterocycles. The smallest absolute Gasteiger partial charge is 0.124 e. The normalized spacial score (nSPS) is 19.2. The highest BCUT2D eigenvalue weighted by atomic mass is 35.5. The first-order valence-corrected chi connectivity index (χ1v) is 8.11. The summed E-state index contributed by atoms with van der Waals surface area (Å²) in [6, 6.07) is 6.00. The first-order valence-electron chi connectivity index (χ1n) is 6.52. The van der Waals surface area contributed by atoms with E-state index in [9.17, 15) is 0 Å². The predicted molar refractivity (Wildman–Crippen MR) is 81.3 cm³/mol. The third-order valence-corrected chi connectivity index (χ3v) is 5.18. The molecule has 0 amide bonds. The number of aromatic nitrogens is 2. The zero-order valence-corrected chi connectivity index (χ0v) is 12.5. The lowest BCUT2D eigenvalue weighted by Crippen LogP contribution is -2.12. The maximum Gasteiger partial charge on any atom is 0.124 e. The standard InChI is InChI=1S/C14H17ClN2OS/c1-18-10-4-5-12-13(7-10)17(14(8-15)16-12)9-11-3-2-6-19-11/h4-5,7,11H,2-3,6,8-9H2,1H3. The van der Waals surface area contributed by atoms with Crippen LogP contribution in [0.1, 0.15) is 18.7 Å². The minimum absolute atomic E-state index is 0.453. The van der Waals surface area contributed by atoms with E-state index in [1.165, 1.54) is 18.6 Å². The van der Waals surface area contributed by atoms with Gasteiger partial charge < -0.3 is 9.30 Å². The van der Waals surface area contributed by atoms with Crippen LogP contribution in [-0.4, -0.2) is 27.7 Å². The molecular weight excluding hydrogens is 280 g/mol. The van der Waals surface area contributed by atoms with E-state index < -0.39 is 0 Å². The summed E-state index contributed by atoms with van der Waals surface area (Å²) in [5.74, 6) is 3.55. The fourth-order valence-electron chi connectivity index (χ4n) is 2.58. The molecule has 1 aliphatic heterocycles. The predicted octanol–water partition coefficient (Wildman–Crippen LogP) is 3.68. The van der Waals surface area contributed by atoms with Crippen molar-refractivity contribution >= 4 is 34.4 Å².